The molecular formula is C8H13N2O2+. The Morgan fingerprint density at radius 1 is 1.67 bits per heavy atom. The average molecular weight is 169 g/mol. The van der Waals surface area contributed by atoms with Gasteiger partial charge in [0, 0.05) is 0 Å². The fourth-order valence-electron chi connectivity index (χ4n) is 0.933. The molecule has 0 saturated carbocycles. The highest BCUT2D eigenvalue weighted by molar-refractivity contribution is 5.67. The summed E-state index contributed by atoms with van der Waals surface area (Å²) >= 11 is 0. The lowest BCUT2D eigenvalue weighted by atomic mass is 10.6. The van der Waals surface area contributed by atoms with Crippen molar-refractivity contribution in [2.45, 2.75) is 20.0 Å². The van der Waals surface area contributed by atoms with Crippen LogP contribution in [0.3, 0.4) is 0 Å². The Bertz CT molecular complexity index is 268. The van der Waals surface area contributed by atoms with E-state index in [1.54, 1.807) is 4.57 Å². The standard InChI is InChI=1S/C8H13N2O2/c1-3-9-4-5-10(7-9)6-8(11)12-2/h4-5,7H,3,6H2,1-2H3/q+1. The Balaban J connectivity index is 2.58. The molecule has 0 fully saturated rings. The largest absolute Gasteiger partial charge is 0.466 e. The SMILES string of the molecule is CCn1cc[n+](CC(=O)OC)c1. The number of ether oxygens (including phenoxy) is 1. The molecule has 0 saturated heterocycles. The Hall–Kier alpha value is -1.32. The summed E-state index contributed by atoms with van der Waals surface area (Å²) in [6.45, 7) is 3.24. The van der Waals surface area contributed by atoms with Crippen LogP contribution in [0.1, 0.15) is 6.92 Å². The van der Waals surface area contributed by atoms with Gasteiger partial charge in [0.2, 0.25) is 6.33 Å². The van der Waals surface area contributed by atoms with Crippen LogP contribution in [0.2, 0.25) is 0 Å². The molecule has 0 spiro atoms. The topological polar surface area (TPSA) is 35.1 Å². The second kappa shape index (κ2) is 3.90. The molecule has 0 aromatic carbocycles. The summed E-state index contributed by atoms with van der Waals surface area (Å²) in [5.74, 6) is -0.228. The lowest BCUT2D eigenvalue weighted by Crippen LogP contribution is -2.36. The molecular weight excluding hydrogens is 156 g/mol. The molecule has 0 aliphatic heterocycles. The van der Waals surface area contributed by atoms with E-state index in [9.17, 15) is 4.79 Å². The first-order valence-electron chi connectivity index (χ1n) is 3.88. The molecule has 0 aliphatic rings. The molecule has 1 aromatic rings. The van der Waals surface area contributed by atoms with Gasteiger partial charge in [-0.1, -0.05) is 0 Å². The zero-order valence-electron chi connectivity index (χ0n) is 7.36. The normalized spacial score (nSPS) is 9.83. The molecule has 0 atom stereocenters. The first-order valence-corrected chi connectivity index (χ1v) is 3.88. The van der Waals surface area contributed by atoms with Gasteiger partial charge in [0.05, 0.1) is 13.7 Å². The zero-order valence-corrected chi connectivity index (χ0v) is 7.36. The zero-order chi connectivity index (χ0) is 8.97. The van der Waals surface area contributed by atoms with E-state index in [4.69, 9.17) is 0 Å². The van der Waals surface area contributed by atoms with Crippen molar-refractivity contribution < 1.29 is 14.1 Å². The molecule has 0 radical (unpaired) electrons. The number of aromatic nitrogens is 2. The fraction of sp³-hybridized carbons (Fsp3) is 0.500. The molecule has 1 heterocycles. The van der Waals surface area contributed by atoms with E-state index in [1.165, 1.54) is 7.11 Å². The predicted molar refractivity (Wildman–Crippen MR) is 42.3 cm³/mol. The third-order valence-electron chi connectivity index (χ3n) is 1.65. The van der Waals surface area contributed by atoms with Crippen molar-refractivity contribution in [2.75, 3.05) is 7.11 Å². The molecule has 1 aromatic heterocycles. The van der Waals surface area contributed by atoms with Gasteiger partial charge in [-0.25, -0.2) is 13.9 Å². The summed E-state index contributed by atoms with van der Waals surface area (Å²) in [5.41, 5.74) is 0. The quantitative estimate of drug-likeness (QED) is 0.470. The number of hydrogen-bond donors (Lipinski definition) is 0. The van der Waals surface area contributed by atoms with Crippen LogP contribution in [-0.2, 0) is 22.6 Å². The fourth-order valence-corrected chi connectivity index (χ4v) is 0.933. The molecule has 4 heteroatoms. The van der Waals surface area contributed by atoms with Gasteiger partial charge in [-0.2, -0.15) is 0 Å². The van der Waals surface area contributed by atoms with Crippen LogP contribution in [0.4, 0.5) is 0 Å². The maximum atomic E-state index is 10.8. The smallest absolute Gasteiger partial charge is 0.348 e. The molecule has 4 nitrogen and oxygen atoms in total. The van der Waals surface area contributed by atoms with Crippen molar-refractivity contribution in [3.05, 3.63) is 18.7 Å². The summed E-state index contributed by atoms with van der Waals surface area (Å²) in [5, 5.41) is 0. The van der Waals surface area contributed by atoms with Crippen LogP contribution in [0.15, 0.2) is 18.7 Å². The highest BCUT2D eigenvalue weighted by atomic mass is 16.5. The third kappa shape index (κ3) is 2.08. The van der Waals surface area contributed by atoms with E-state index < -0.39 is 0 Å². The highest BCUT2D eigenvalue weighted by Crippen LogP contribution is 1.83. The number of rotatable bonds is 3. The second-order valence-electron chi connectivity index (χ2n) is 2.49. The maximum Gasteiger partial charge on any atom is 0.348 e. The van der Waals surface area contributed by atoms with Crippen molar-refractivity contribution in [2.24, 2.45) is 0 Å². The molecule has 0 amide bonds. The van der Waals surface area contributed by atoms with Gasteiger partial charge in [-0.05, 0) is 6.92 Å². The first-order chi connectivity index (χ1) is 5.76. The van der Waals surface area contributed by atoms with Crippen LogP contribution in [0.5, 0.6) is 0 Å². The lowest BCUT2D eigenvalue weighted by molar-refractivity contribution is -0.685. The van der Waals surface area contributed by atoms with Gasteiger partial charge >= 0.3 is 5.97 Å². The number of hydrogen-bond acceptors (Lipinski definition) is 2. The van der Waals surface area contributed by atoms with Crippen LogP contribution in [0.25, 0.3) is 0 Å². The minimum atomic E-state index is -0.228. The molecule has 0 aliphatic carbocycles. The number of methoxy groups -OCH3 is 1. The molecule has 1 rings (SSSR count). The van der Waals surface area contributed by atoms with Crippen molar-refractivity contribution >= 4 is 5.97 Å². The number of carbonyl (C=O) groups is 1. The van der Waals surface area contributed by atoms with Crippen LogP contribution in [-0.4, -0.2) is 17.6 Å². The number of esters is 1. The van der Waals surface area contributed by atoms with E-state index in [0.717, 1.165) is 6.54 Å². The summed E-state index contributed by atoms with van der Waals surface area (Å²) in [6, 6.07) is 0. The maximum absolute atomic E-state index is 10.8. The molecule has 12 heavy (non-hydrogen) atoms. The van der Waals surface area contributed by atoms with Gasteiger partial charge in [-0.15, -0.1) is 0 Å². The van der Waals surface area contributed by atoms with Crippen molar-refractivity contribution in [3.8, 4) is 0 Å². The monoisotopic (exact) mass is 169 g/mol. The Labute approximate surface area is 71.4 Å². The summed E-state index contributed by atoms with van der Waals surface area (Å²) in [7, 11) is 1.39. The predicted octanol–water partition coefficient (Wildman–Crippen LogP) is -0.0315. The summed E-state index contributed by atoms with van der Waals surface area (Å²) in [6.07, 6.45) is 5.64. The van der Waals surface area contributed by atoms with Crippen LogP contribution < -0.4 is 4.57 Å². The van der Waals surface area contributed by atoms with Crippen LogP contribution in [0, 0.1) is 0 Å². The molecule has 0 bridgehead atoms. The van der Waals surface area contributed by atoms with Crippen molar-refractivity contribution in [1.29, 1.82) is 0 Å². The minimum absolute atomic E-state index is 0.228. The summed E-state index contributed by atoms with van der Waals surface area (Å²) in [4.78, 5) is 10.8. The summed E-state index contributed by atoms with van der Waals surface area (Å²) < 4.78 is 8.30. The Morgan fingerprint density at radius 2 is 2.42 bits per heavy atom. The van der Waals surface area contributed by atoms with E-state index in [2.05, 4.69) is 4.74 Å². The second-order valence-corrected chi connectivity index (χ2v) is 2.49. The minimum Gasteiger partial charge on any atom is -0.466 e. The van der Waals surface area contributed by atoms with E-state index >= 15 is 0 Å². The van der Waals surface area contributed by atoms with E-state index in [1.807, 2.05) is 30.2 Å². The third-order valence-corrected chi connectivity index (χ3v) is 1.65. The Morgan fingerprint density at radius 3 is 2.92 bits per heavy atom. The van der Waals surface area contributed by atoms with Gasteiger partial charge in [-0.3, -0.25) is 0 Å². The molecule has 66 valence electrons. The molecule has 0 N–H and O–H groups in total. The van der Waals surface area contributed by atoms with Crippen molar-refractivity contribution in [1.82, 2.24) is 4.57 Å². The van der Waals surface area contributed by atoms with E-state index in [-0.39, 0.29) is 12.5 Å². The lowest BCUT2D eigenvalue weighted by Gasteiger charge is -1.93. The first kappa shape index (κ1) is 8.77. The highest BCUT2D eigenvalue weighted by Gasteiger charge is 2.07. The van der Waals surface area contributed by atoms with Gasteiger partial charge in [0.15, 0.2) is 6.54 Å². The molecule has 0 unspecified atom stereocenters. The Kier molecular flexibility index (Phi) is 2.85. The van der Waals surface area contributed by atoms with Crippen LogP contribution >= 0.6 is 0 Å². The van der Waals surface area contributed by atoms with E-state index in [0.29, 0.717) is 0 Å². The number of imidazole rings is 1. The number of aryl methyl sites for hydroxylation is 1. The van der Waals surface area contributed by atoms with Gasteiger partial charge in [0.25, 0.3) is 0 Å². The van der Waals surface area contributed by atoms with Gasteiger partial charge < -0.3 is 4.74 Å². The van der Waals surface area contributed by atoms with Gasteiger partial charge in [0.1, 0.15) is 12.4 Å². The number of nitrogens with zero attached hydrogens (tertiary/aromatic N) is 2. The van der Waals surface area contributed by atoms with Crippen molar-refractivity contribution in [3.63, 3.8) is 0 Å². The average Bonchev–Trinajstić information content (AvgIpc) is 2.52. The number of carbonyl (C=O) groups excluding carboxylic acids is 1.